The molecule has 0 unspecified atom stereocenters. The van der Waals surface area contributed by atoms with E-state index in [1.807, 2.05) is 19.1 Å². The third-order valence-electron chi connectivity index (χ3n) is 4.01. The van der Waals surface area contributed by atoms with Crippen LogP contribution in [0.2, 0.25) is 0 Å². The molecular weight excluding hydrogens is 305 g/mol. The first kappa shape index (κ1) is 14.4. The average molecular weight is 319 g/mol. The van der Waals surface area contributed by atoms with Gasteiger partial charge >= 0.3 is 0 Å². The molecule has 4 aromatic rings. The van der Waals surface area contributed by atoms with E-state index < -0.39 is 5.82 Å². The molecule has 0 radical (unpaired) electrons. The fourth-order valence-corrected chi connectivity index (χ4v) is 2.85. The maximum Gasteiger partial charge on any atom is 0.259 e. The summed E-state index contributed by atoms with van der Waals surface area (Å²) >= 11 is 0. The van der Waals surface area contributed by atoms with E-state index in [0.717, 1.165) is 5.69 Å². The van der Waals surface area contributed by atoms with Crippen molar-refractivity contribution in [3.63, 3.8) is 0 Å². The van der Waals surface area contributed by atoms with Gasteiger partial charge in [-0.05, 0) is 28.1 Å². The van der Waals surface area contributed by atoms with Crippen LogP contribution in [0.15, 0.2) is 66.9 Å². The average Bonchev–Trinajstić information content (AvgIpc) is 3.15. The number of rotatable bonds is 2. The van der Waals surface area contributed by atoms with E-state index in [1.165, 1.54) is 6.07 Å². The first-order valence-corrected chi connectivity index (χ1v) is 7.58. The maximum absolute atomic E-state index is 14.3. The minimum Gasteiger partial charge on any atom is -0.869 e. The van der Waals surface area contributed by atoms with Crippen LogP contribution in [0, 0.1) is 12.7 Å². The molecule has 0 spiro atoms. The zero-order valence-corrected chi connectivity index (χ0v) is 13.0. The van der Waals surface area contributed by atoms with Gasteiger partial charge in [0.05, 0.1) is 16.9 Å². The van der Waals surface area contributed by atoms with Crippen LogP contribution in [-0.4, -0.2) is 9.73 Å². The van der Waals surface area contributed by atoms with Gasteiger partial charge in [-0.25, -0.2) is 4.39 Å². The Labute approximate surface area is 137 Å². The number of aryl methyl sites for hydroxylation is 1. The van der Waals surface area contributed by atoms with E-state index in [1.54, 1.807) is 57.8 Å². The van der Waals surface area contributed by atoms with Gasteiger partial charge in [0.1, 0.15) is 11.5 Å². The van der Waals surface area contributed by atoms with E-state index in [4.69, 9.17) is 0 Å². The summed E-state index contributed by atoms with van der Waals surface area (Å²) in [5.74, 6) is -0.596. The van der Waals surface area contributed by atoms with Crippen LogP contribution >= 0.6 is 0 Å². The van der Waals surface area contributed by atoms with Crippen molar-refractivity contribution in [1.29, 1.82) is 0 Å². The van der Waals surface area contributed by atoms with Crippen LogP contribution in [0.4, 0.5) is 4.39 Å². The molecule has 0 saturated carbocycles. The van der Waals surface area contributed by atoms with Crippen molar-refractivity contribution in [2.24, 2.45) is 0 Å². The lowest BCUT2D eigenvalue weighted by Crippen LogP contribution is -2.46. The van der Waals surface area contributed by atoms with Gasteiger partial charge in [-0.1, -0.05) is 42.5 Å². The highest BCUT2D eigenvalue weighted by molar-refractivity contribution is 5.65. The summed E-state index contributed by atoms with van der Waals surface area (Å²) in [6, 6.07) is 17.2. The van der Waals surface area contributed by atoms with Crippen molar-refractivity contribution in [2.75, 3.05) is 0 Å². The van der Waals surface area contributed by atoms with Crippen molar-refractivity contribution in [3.8, 4) is 11.3 Å². The van der Waals surface area contributed by atoms with Gasteiger partial charge in [0, 0.05) is 13.0 Å². The summed E-state index contributed by atoms with van der Waals surface area (Å²) in [5.41, 5.74) is 2.04. The molecule has 0 saturated heterocycles. The third kappa shape index (κ3) is 2.13. The van der Waals surface area contributed by atoms with Crippen LogP contribution in [0.5, 0.6) is 0 Å². The maximum atomic E-state index is 14.3. The van der Waals surface area contributed by atoms with Crippen LogP contribution < -0.4 is 15.0 Å². The minimum absolute atomic E-state index is 0.192. The Balaban J connectivity index is 2.16. The smallest absolute Gasteiger partial charge is 0.259 e. The lowest BCUT2D eigenvalue weighted by Gasteiger charge is -2.09. The summed E-state index contributed by atoms with van der Waals surface area (Å²) in [5, 5.41) is 17.9. The molecule has 118 valence electrons. The van der Waals surface area contributed by atoms with E-state index in [9.17, 15) is 9.50 Å². The molecule has 2 heterocycles. The standard InChI is InChI=1S/C19H14FN3O/c1-13-11-12-22-21-17(15-9-5-6-10-16(15)20)18(23(13)22)19(24)14-7-3-2-4-8-14/h2-12H,1H3. The SMILES string of the molecule is Cc1ccn2nc(-c3ccccc3F)/c(=C(\[O-])c3ccccc3)[n+]12. The molecule has 0 aliphatic rings. The fraction of sp³-hybridized carbons (Fsp3) is 0.0526. The Morgan fingerprint density at radius 1 is 1.04 bits per heavy atom. The molecule has 0 bridgehead atoms. The minimum atomic E-state index is -0.404. The topological polar surface area (TPSA) is 44.5 Å². The van der Waals surface area contributed by atoms with Crippen molar-refractivity contribution in [2.45, 2.75) is 6.92 Å². The monoisotopic (exact) mass is 319 g/mol. The molecule has 2 aromatic carbocycles. The summed E-state index contributed by atoms with van der Waals surface area (Å²) in [6.07, 6.45) is 1.75. The number of nitrogens with zero attached hydrogens (tertiary/aromatic N) is 3. The lowest BCUT2D eigenvalue weighted by atomic mass is 10.1. The van der Waals surface area contributed by atoms with Crippen LogP contribution in [-0.2, 0) is 0 Å². The predicted molar refractivity (Wildman–Crippen MR) is 85.1 cm³/mol. The third-order valence-corrected chi connectivity index (χ3v) is 4.01. The zero-order valence-electron chi connectivity index (χ0n) is 13.0. The normalized spacial score (nSPS) is 12.6. The predicted octanol–water partition coefficient (Wildman–Crippen LogP) is 1.27. The summed E-state index contributed by atoms with van der Waals surface area (Å²) in [6.45, 7) is 1.88. The van der Waals surface area contributed by atoms with Crippen LogP contribution in [0.25, 0.3) is 17.0 Å². The molecule has 4 rings (SSSR count). The quantitative estimate of drug-likeness (QED) is 0.522. The molecule has 24 heavy (non-hydrogen) atoms. The van der Waals surface area contributed by atoms with Gasteiger partial charge in [0.15, 0.2) is 0 Å². The fourth-order valence-electron chi connectivity index (χ4n) is 2.85. The molecule has 2 aromatic heterocycles. The van der Waals surface area contributed by atoms with E-state index in [-0.39, 0.29) is 5.76 Å². The highest BCUT2D eigenvalue weighted by Gasteiger charge is 2.23. The Morgan fingerprint density at radius 3 is 2.50 bits per heavy atom. The second-order valence-corrected chi connectivity index (χ2v) is 5.56. The van der Waals surface area contributed by atoms with Crippen LogP contribution in [0.1, 0.15) is 11.3 Å². The van der Waals surface area contributed by atoms with E-state index in [2.05, 4.69) is 5.10 Å². The molecule has 0 atom stereocenters. The summed E-state index contributed by atoms with van der Waals surface area (Å²) in [7, 11) is 0. The van der Waals surface area contributed by atoms with Gasteiger partial charge in [-0.15, -0.1) is 4.52 Å². The molecule has 0 amide bonds. The summed E-state index contributed by atoms with van der Waals surface area (Å²) < 4.78 is 17.6. The molecular formula is C19H14FN3O. The van der Waals surface area contributed by atoms with Gasteiger partial charge < -0.3 is 5.11 Å². The van der Waals surface area contributed by atoms with Crippen molar-refractivity contribution < 1.29 is 14.0 Å². The number of fused-ring (bicyclic) bond motifs is 1. The molecule has 0 fully saturated rings. The van der Waals surface area contributed by atoms with Gasteiger partial charge in [0.2, 0.25) is 5.35 Å². The Kier molecular flexibility index (Phi) is 3.27. The Hall–Kier alpha value is -3.21. The molecule has 0 aliphatic carbocycles. The first-order chi connectivity index (χ1) is 11.7. The lowest BCUT2D eigenvalue weighted by molar-refractivity contribution is -0.638. The van der Waals surface area contributed by atoms with Gasteiger partial charge in [0.25, 0.3) is 5.69 Å². The molecule has 0 N–H and O–H groups in total. The van der Waals surface area contributed by atoms with E-state index in [0.29, 0.717) is 22.2 Å². The van der Waals surface area contributed by atoms with Gasteiger partial charge in [-0.2, -0.15) is 0 Å². The highest BCUT2D eigenvalue weighted by atomic mass is 19.1. The van der Waals surface area contributed by atoms with Crippen molar-refractivity contribution >= 4 is 5.76 Å². The second kappa shape index (κ2) is 5.45. The number of hydrogen-bond donors (Lipinski definition) is 0. The Morgan fingerprint density at radius 2 is 1.75 bits per heavy atom. The number of aromatic nitrogens is 3. The van der Waals surface area contributed by atoms with Crippen molar-refractivity contribution in [3.05, 3.63) is 89.3 Å². The van der Waals surface area contributed by atoms with Crippen LogP contribution in [0.3, 0.4) is 0 Å². The summed E-state index contributed by atoms with van der Waals surface area (Å²) in [4.78, 5) is 0. The zero-order chi connectivity index (χ0) is 16.7. The highest BCUT2D eigenvalue weighted by Crippen LogP contribution is 2.17. The van der Waals surface area contributed by atoms with Gasteiger partial charge in [-0.3, -0.25) is 0 Å². The largest absolute Gasteiger partial charge is 0.869 e. The van der Waals surface area contributed by atoms with Crippen molar-refractivity contribution in [1.82, 2.24) is 9.73 Å². The first-order valence-electron chi connectivity index (χ1n) is 7.58. The Bertz CT molecular complexity index is 1090. The molecule has 5 heteroatoms. The molecule has 4 nitrogen and oxygen atoms in total. The number of hydrogen-bond acceptors (Lipinski definition) is 2. The number of halogens is 1. The number of benzene rings is 2. The molecule has 0 aliphatic heterocycles. The second-order valence-electron chi connectivity index (χ2n) is 5.56. The van der Waals surface area contributed by atoms with E-state index >= 15 is 0 Å².